The molecular weight excluding hydrogens is 288 g/mol. The lowest BCUT2D eigenvalue weighted by Gasteiger charge is -2.41. The van der Waals surface area contributed by atoms with Crippen molar-refractivity contribution in [1.29, 1.82) is 0 Å². The van der Waals surface area contributed by atoms with E-state index >= 15 is 0 Å². The molecule has 4 heteroatoms. The Morgan fingerprint density at radius 3 is 2.83 bits per heavy atom. The summed E-state index contributed by atoms with van der Waals surface area (Å²) in [7, 11) is 0. The zero-order valence-corrected chi connectivity index (χ0v) is 14.4. The summed E-state index contributed by atoms with van der Waals surface area (Å²) in [5.41, 5.74) is 2.44. The minimum Gasteiger partial charge on any atom is -0.370 e. The van der Waals surface area contributed by atoms with E-state index in [2.05, 4.69) is 43.1 Å². The molecule has 126 valence electrons. The van der Waals surface area contributed by atoms with Crippen molar-refractivity contribution in [2.75, 3.05) is 19.7 Å². The fourth-order valence-electron chi connectivity index (χ4n) is 3.79. The largest absolute Gasteiger partial charge is 0.370 e. The summed E-state index contributed by atoms with van der Waals surface area (Å²) in [6.07, 6.45) is 1.88. The zero-order chi connectivity index (χ0) is 16.4. The molecule has 2 heterocycles. The Labute approximate surface area is 139 Å². The Balaban J connectivity index is 1.73. The first-order valence-electron chi connectivity index (χ1n) is 8.77. The number of benzene rings is 1. The molecule has 4 nitrogen and oxygen atoms in total. The molecule has 1 aromatic carbocycles. The van der Waals surface area contributed by atoms with Crippen LogP contribution in [0.4, 0.5) is 0 Å². The summed E-state index contributed by atoms with van der Waals surface area (Å²) in [6.45, 7) is 8.60. The van der Waals surface area contributed by atoms with E-state index in [1.54, 1.807) is 0 Å². The maximum Gasteiger partial charge on any atom is 0.226 e. The zero-order valence-electron chi connectivity index (χ0n) is 14.4. The SMILES string of the molecule is Cc1ccccc1C1CN(C(=O)[C@H]2CCN[C@@H](C)C2)C(C)CO1. The van der Waals surface area contributed by atoms with Crippen molar-refractivity contribution in [3.05, 3.63) is 35.4 Å². The van der Waals surface area contributed by atoms with E-state index < -0.39 is 0 Å². The summed E-state index contributed by atoms with van der Waals surface area (Å²) >= 11 is 0. The van der Waals surface area contributed by atoms with Crippen molar-refractivity contribution in [2.45, 2.75) is 51.8 Å². The van der Waals surface area contributed by atoms with Gasteiger partial charge >= 0.3 is 0 Å². The molecular formula is C19H28N2O2. The molecule has 0 aliphatic carbocycles. The van der Waals surface area contributed by atoms with Gasteiger partial charge in [-0.25, -0.2) is 0 Å². The molecule has 0 bridgehead atoms. The van der Waals surface area contributed by atoms with Crippen LogP contribution in [0.15, 0.2) is 24.3 Å². The maximum atomic E-state index is 13.0. The van der Waals surface area contributed by atoms with Crippen LogP contribution < -0.4 is 5.32 Å². The molecule has 23 heavy (non-hydrogen) atoms. The fourth-order valence-corrected chi connectivity index (χ4v) is 3.79. The Bertz CT molecular complexity index is 560. The van der Waals surface area contributed by atoms with Crippen LogP contribution >= 0.6 is 0 Å². The molecule has 2 aliphatic heterocycles. The lowest BCUT2D eigenvalue weighted by Crippen LogP contribution is -2.52. The van der Waals surface area contributed by atoms with Gasteiger partial charge in [0, 0.05) is 12.0 Å². The fraction of sp³-hybridized carbons (Fsp3) is 0.632. The first kappa shape index (κ1) is 16.5. The predicted octanol–water partition coefficient (Wildman–Crippen LogP) is 2.67. The second-order valence-corrected chi connectivity index (χ2v) is 7.09. The van der Waals surface area contributed by atoms with E-state index in [0.717, 1.165) is 19.4 Å². The Morgan fingerprint density at radius 2 is 2.09 bits per heavy atom. The minimum absolute atomic E-state index is 0.00418. The maximum absolute atomic E-state index is 13.0. The number of nitrogens with zero attached hydrogens (tertiary/aromatic N) is 1. The summed E-state index contributed by atoms with van der Waals surface area (Å²) in [5, 5.41) is 3.43. The van der Waals surface area contributed by atoms with Gasteiger partial charge in [-0.3, -0.25) is 4.79 Å². The highest BCUT2D eigenvalue weighted by Gasteiger charge is 2.35. The summed E-state index contributed by atoms with van der Waals surface area (Å²) in [4.78, 5) is 15.1. The molecule has 0 saturated carbocycles. The van der Waals surface area contributed by atoms with Gasteiger partial charge in [0.2, 0.25) is 5.91 Å². The highest BCUT2D eigenvalue weighted by Crippen LogP contribution is 2.29. The molecule has 1 amide bonds. The smallest absolute Gasteiger partial charge is 0.226 e. The highest BCUT2D eigenvalue weighted by molar-refractivity contribution is 5.79. The number of nitrogens with one attached hydrogen (secondary N) is 1. The van der Waals surface area contributed by atoms with Crippen molar-refractivity contribution < 1.29 is 9.53 Å². The van der Waals surface area contributed by atoms with Gasteiger partial charge in [-0.2, -0.15) is 0 Å². The lowest BCUT2D eigenvalue weighted by molar-refractivity contribution is -0.150. The van der Waals surface area contributed by atoms with Gasteiger partial charge < -0.3 is 15.0 Å². The molecule has 2 aliphatic rings. The van der Waals surface area contributed by atoms with Crippen molar-refractivity contribution in [1.82, 2.24) is 10.2 Å². The van der Waals surface area contributed by atoms with Gasteiger partial charge in [0.05, 0.1) is 19.2 Å². The monoisotopic (exact) mass is 316 g/mol. The van der Waals surface area contributed by atoms with Crippen LogP contribution in [0.3, 0.4) is 0 Å². The molecule has 0 aromatic heterocycles. The Morgan fingerprint density at radius 1 is 1.30 bits per heavy atom. The molecule has 2 fully saturated rings. The summed E-state index contributed by atoms with van der Waals surface area (Å²) in [5.74, 6) is 0.469. The number of carbonyl (C=O) groups is 1. The lowest BCUT2D eigenvalue weighted by atomic mass is 9.91. The average molecular weight is 316 g/mol. The first-order chi connectivity index (χ1) is 11.1. The third-order valence-corrected chi connectivity index (χ3v) is 5.22. The van der Waals surface area contributed by atoms with Crippen LogP contribution in [0.1, 0.15) is 43.9 Å². The number of hydrogen-bond acceptors (Lipinski definition) is 3. The molecule has 4 atom stereocenters. The second kappa shape index (κ2) is 7.02. The van der Waals surface area contributed by atoms with Crippen LogP contribution in [0.25, 0.3) is 0 Å². The van der Waals surface area contributed by atoms with Gasteiger partial charge in [0.1, 0.15) is 6.10 Å². The Hall–Kier alpha value is -1.39. The number of piperidine rings is 1. The molecule has 0 spiro atoms. The molecule has 1 aromatic rings. The summed E-state index contributed by atoms with van der Waals surface area (Å²) < 4.78 is 6.04. The van der Waals surface area contributed by atoms with Crippen molar-refractivity contribution in [3.8, 4) is 0 Å². The number of carbonyl (C=O) groups excluding carboxylic acids is 1. The van der Waals surface area contributed by atoms with Crippen LogP contribution in [-0.4, -0.2) is 42.6 Å². The van der Waals surface area contributed by atoms with Crippen LogP contribution in [0.5, 0.6) is 0 Å². The molecule has 2 saturated heterocycles. The topological polar surface area (TPSA) is 41.6 Å². The number of hydrogen-bond donors (Lipinski definition) is 1. The van der Waals surface area contributed by atoms with Crippen LogP contribution in [-0.2, 0) is 9.53 Å². The standard InChI is InChI=1S/C19H28N2O2/c1-13-6-4-5-7-17(13)18-11-21(15(3)12-23-18)19(22)16-8-9-20-14(2)10-16/h4-7,14-16,18,20H,8-12H2,1-3H3/t14-,15?,16-,18?/m0/s1. The van der Waals surface area contributed by atoms with E-state index in [-0.39, 0.29) is 18.1 Å². The first-order valence-corrected chi connectivity index (χ1v) is 8.77. The van der Waals surface area contributed by atoms with Gasteiger partial charge in [0.25, 0.3) is 0 Å². The van der Waals surface area contributed by atoms with E-state index in [9.17, 15) is 4.79 Å². The third kappa shape index (κ3) is 3.59. The number of ether oxygens (including phenoxy) is 1. The van der Waals surface area contributed by atoms with E-state index in [1.165, 1.54) is 11.1 Å². The molecule has 1 N–H and O–H groups in total. The van der Waals surface area contributed by atoms with Crippen LogP contribution in [0, 0.1) is 12.8 Å². The molecule has 3 rings (SSSR count). The number of morpholine rings is 1. The van der Waals surface area contributed by atoms with E-state index in [0.29, 0.717) is 25.1 Å². The van der Waals surface area contributed by atoms with Crippen molar-refractivity contribution in [3.63, 3.8) is 0 Å². The Kier molecular flexibility index (Phi) is 5.02. The number of rotatable bonds is 2. The number of aryl methyl sites for hydroxylation is 1. The molecule has 2 unspecified atom stereocenters. The quantitative estimate of drug-likeness (QED) is 0.912. The van der Waals surface area contributed by atoms with Crippen molar-refractivity contribution >= 4 is 5.91 Å². The van der Waals surface area contributed by atoms with Crippen molar-refractivity contribution in [2.24, 2.45) is 5.92 Å². The summed E-state index contributed by atoms with van der Waals surface area (Å²) in [6, 6.07) is 8.91. The average Bonchev–Trinajstić information content (AvgIpc) is 2.55. The minimum atomic E-state index is -0.00418. The van der Waals surface area contributed by atoms with E-state index in [1.807, 2.05) is 12.1 Å². The second-order valence-electron chi connectivity index (χ2n) is 7.09. The van der Waals surface area contributed by atoms with Gasteiger partial charge in [-0.15, -0.1) is 0 Å². The van der Waals surface area contributed by atoms with Gasteiger partial charge in [-0.1, -0.05) is 24.3 Å². The normalized spacial score (nSPS) is 31.9. The highest BCUT2D eigenvalue weighted by atomic mass is 16.5. The van der Waals surface area contributed by atoms with Crippen LogP contribution in [0.2, 0.25) is 0 Å². The van der Waals surface area contributed by atoms with Gasteiger partial charge in [0.15, 0.2) is 0 Å². The molecule has 0 radical (unpaired) electrons. The third-order valence-electron chi connectivity index (χ3n) is 5.22. The van der Waals surface area contributed by atoms with E-state index in [4.69, 9.17) is 4.74 Å². The van der Waals surface area contributed by atoms with Gasteiger partial charge in [-0.05, 0) is 51.3 Å². The number of amides is 1. The predicted molar refractivity (Wildman–Crippen MR) is 91.2 cm³/mol.